The van der Waals surface area contributed by atoms with E-state index in [1.807, 2.05) is 37.3 Å². The maximum absolute atomic E-state index is 12.4. The molecule has 0 radical (unpaired) electrons. The third-order valence-electron chi connectivity index (χ3n) is 4.62. The van der Waals surface area contributed by atoms with E-state index >= 15 is 0 Å². The van der Waals surface area contributed by atoms with Gasteiger partial charge in [-0.25, -0.2) is 0 Å². The van der Waals surface area contributed by atoms with Crippen molar-refractivity contribution in [3.8, 4) is 0 Å². The lowest BCUT2D eigenvalue weighted by Gasteiger charge is -2.32. The molecular weight excluding hydrogens is 332 g/mol. The van der Waals surface area contributed by atoms with Gasteiger partial charge in [-0.15, -0.1) is 0 Å². The molecule has 1 aliphatic rings. The standard InChI is InChI=1S/C19H24N4O3/c1-2-17-21-16(22-26-17)12-20-19(25)15-8-9-18(24)23(13-15)11-10-14-6-4-3-5-7-14/h3-7,15H,2,8-13H2,1H3,(H,20,25). The van der Waals surface area contributed by atoms with Crippen LogP contribution in [-0.2, 0) is 29.0 Å². The van der Waals surface area contributed by atoms with E-state index in [0.29, 0.717) is 44.1 Å². The molecule has 2 heterocycles. The van der Waals surface area contributed by atoms with E-state index < -0.39 is 0 Å². The van der Waals surface area contributed by atoms with Gasteiger partial charge < -0.3 is 14.7 Å². The zero-order chi connectivity index (χ0) is 18.4. The highest BCUT2D eigenvalue weighted by Gasteiger charge is 2.30. The number of nitrogens with one attached hydrogen (secondary N) is 1. The van der Waals surface area contributed by atoms with E-state index in [4.69, 9.17) is 4.52 Å². The molecule has 1 aliphatic heterocycles. The van der Waals surface area contributed by atoms with Gasteiger partial charge in [-0.1, -0.05) is 42.4 Å². The zero-order valence-electron chi connectivity index (χ0n) is 15.0. The summed E-state index contributed by atoms with van der Waals surface area (Å²) in [5, 5.41) is 6.68. The molecule has 1 fully saturated rings. The van der Waals surface area contributed by atoms with Gasteiger partial charge in [-0.3, -0.25) is 9.59 Å². The zero-order valence-corrected chi connectivity index (χ0v) is 15.0. The Hall–Kier alpha value is -2.70. The van der Waals surface area contributed by atoms with Crippen LogP contribution in [0.1, 0.15) is 37.0 Å². The maximum Gasteiger partial charge on any atom is 0.226 e. The second-order valence-corrected chi connectivity index (χ2v) is 6.49. The molecule has 138 valence electrons. The number of benzene rings is 1. The van der Waals surface area contributed by atoms with Crippen LogP contribution in [0.2, 0.25) is 0 Å². The van der Waals surface area contributed by atoms with Crippen LogP contribution in [-0.4, -0.2) is 39.9 Å². The molecule has 0 saturated carbocycles. The van der Waals surface area contributed by atoms with Crippen molar-refractivity contribution < 1.29 is 14.1 Å². The molecule has 2 aromatic rings. The van der Waals surface area contributed by atoms with Gasteiger partial charge in [0.2, 0.25) is 17.7 Å². The predicted molar refractivity (Wildman–Crippen MR) is 95.0 cm³/mol. The molecule has 1 aromatic heterocycles. The fraction of sp³-hybridized carbons (Fsp3) is 0.474. The largest absolute Gasteiger partial charge is 0.348 e. The van der Waals surface area contributed by atoms with Crippen LogP contribution < -0.4 is 5.32 Å². The summed E-state index contributed by atoms with van der Waals surface area (Å²) in [4.78, 5) is 30.6. The highest BCUT2D eigenvalue weighted by atomic mass is 16.5. The number of nitrogens with zero attached hydrogens (tertiary/aromatic N) is 3. The SMILES string of the molecule is CCc1nc(CNC(=O)C2CCC(=O)N(CCc3ccccc3)C2)no1. The van der Waals surface area contributed by atoms with Crippen LogP contribution in [0, 0.1) is 5.92 Å². The van der Waals surface area contributed by atoms with Crippen molar-refractivity contribution >= 4 is 11.8 Å². The van der Waals surface area contributed by atoms with E-state index in [1.165, 1.54) is 5.56 Å². The summed E-state index contributed by atoms with van der Waals surface area (Å²) in [5.74, 6) is 0.898. The normalized spacial score (nSPS) is 17.3. The van der Waals surface area contributed by atoms with Crippen LogP contribution in [0.4, 0.5) is 0 Å². The Balaban J connectivity index is 1.49. The fourth-order valence-corrected chi connectivity index (χ4v) is 3.07. The molecule has 7 nitrogen and oxygen atoms in total. The molecule has 0 aliphatic carbocycles. The van der Waals surface area contributed by atoms with Gasteiger partial charge in [0.1, 0.15) is 0 Å². The molecule has 3 rings (SSSR count). The molecule has 1 atom stereocenters. The van der Waals surface area contributed by atoms with Crippen molar-refractivity contribution in [1.82, 2.24) is 20.4 Å². The predicted octanol–water partition coefficient (Wildman–Crippen LogP) is 1.73. The Kier molecular flexibility index (Phi) is 5.99. The average Bonchev–Trinajstić information content (AvgIpc) is 3.14. The molecule has 7 heteroatoms. The molecule has 1 N–H and O–H groups in total. The number of hydrogen-bond donors (Lipinski definition) is 1. The van der Waals surface area contributed by atoms with E-state index in [0.717, 1.165) is 6.42 Å². The number of likely N-dealkylation sites (tertiary alicyclic amines) is 1. The van der Waals surface area contributed by atoms with Crippen molar-refractivity contribution in [2.45, 2.75) is 39.2 Å². The lowest BCUT2D eigenvalue weighted by atomic mass is 9.96. The van der Waals surface area contributed by atoms with Gasteiger partial charge in [-0.05, 0) is 18.4 Å². The van der Waals surface area contributed by atoms with Crippen molar-refractivity contribution in [2.24, 2.45) is 5.92 Å². The molecule has 26 heavy (non-hydrogen) atoms. The van der Waals surface area contributed by atoms with Crippen LogP contribution in [0.15, 0.2) is 34.9 Å². The Labute approximate surface area is 152 Å². The maximum atomic E-state index is 12.4. The first-order valence-electron chi connectivity index (χ1n) is 9.06. The Morgan fingerprint density at radius 1 is 1.35 bits per heavy atom. The van der Waals surface area contributed by atoms with Crippen molar-refractivity contribution in [3.05, 3.63) is 47.6 Å². The van der Waals surface area contributed by atoms with Crippen molar-refractivity contribution in [2.75, 3.05) is 13.1 Å². The van der Waals surface area contributed by atoms with Gasteiger partial charge in [-0.2, -0.15) is 4.98 Å². The minimum atomic E-state index is -0.194. The minimum absolute atomic E-state index is 0.0648. The third-order valence-corrected chi connectivity index (χ3v) is 4.62. The Bertz CT molecular complexity index is 744. The Morgan fingerprint density at radius 3 is 2.88 bits per heavy atom. The molecule has 2 amide bonds. The first-order chi connectivity index (χ1) is 12.7. The summed E-state index contributed by atoms with van der Waals surface area (Å²) < 4.78 is 5.03. The van der Waals surface area contributed by atoms with Crippen LogP contribution >= 0.6 is 0 Å². The van der Waals surface area contributed by atoms with Gasteiger partial charge in [0, 0.05) is 25.9 Å². The monoisotopic (exact) mass is 356 g/mol. The fourth-order valence-electron chi connectivity index (χ4n) is 3.07. The van der Waals surface area contributed by atoms with Crippen LogP contribution in [0.3, 0.4) is 0 Å². The topological polar surface area (TPSA) is 88.3 Å². The average molecular weight is 356 g/mol. The smallest absolute Gasteiger partial charge is 0.226 e. The number of piperidine rings is 1. The van der Waals surface area contributed by atoms with E-state index in [1.54, 1.807) is 4.90 Å². The summed E-state index contributed by atoms with van der Waals surface area (Å²) in [6, 6.07) is 10.1. The van der Waals surface area contributed by atoms with E-state index in [-0.39, 0.29) is 24.3 Å². The molecule has 1 aromatic carbocycles. The number of aromatic nitrogens is 2. The summed E-state index contributed by atoms with van der Waals surface area (Å²) in [7, 11) is 0. The van der Waals surface area contributed by atoms with Gasteiger partial charge in [0.05, 0.1) is 12.5 Å². The first-order valence-corrected chi connectivity index (χ1v) is 9.06. The third kappa shape index (κ3) is 4.68. The lowest BCUT2D eigenvalue weighted by Crippen LogP contribution is -2.46. The van der Waals surface area contributed by atoms with Gasteiger partial charge in [0.25, 0.3) is 0 Å². The number of carbonyl (C=O) groups is 2. The summed E-state index contributed by atoms with van der Waals surface area (Å²) in [6.45, 7) is 3.27. The molecular formula is C19H24N4O3. The molecule has 1 saturated heterocycles. The first kappa shape index (κ1) is 18.1. The second kappa shape index (κ2) is 8.60. The quantitative estimate of drug-likeness (QED) is 0.816. The van der Waals surface area contributed by atoms with Gasteiger partial charge in [0.15, 0.2) is 5.82 Å². The summed E-state index contributed by atoms with van der Waals surface area (Å²) in [6.07, 6.45) is 2.46. The highest BCUT2D eigenvalue weighted by Crippen LogP contribution is 2.18. The van der Waals surface area contributed by atoms with Crippen LogP contribution in [0.5, 0.6) is 0 Å². The number of hydrogen-bond acceptors (Lipinski definition) is 5. The number of carbonyl (C=O) groups excluding carboxylic acids is 2. The number of amides is 2. The van der Waals surface area contributed by atoms with E-state index in [2.05, 4.69) is 15.5 Å². The van der Waals surface area contributed by atoms with E-state index in [9.17, 15) is 9.59 Å². The second-order valence-electron chi connectivity index (χ2n) is 6.49. The Morgan fingerprint density at radius 2 is 2.15 bits per heavy atom. The number of aryl methyl sites for hydroxylation is 1. The summed E-state index contributed by atoms with van der Waals surface area (Å²) >= 11 is 0. The molecule has 0 bridgehead atoms. The molecule has 0 spiro atoms. The highest BCUT2D eigenvalue weighted by molar-refractivity contribution is 5.83. The van der Waals surface area contributed by atoms with Gasteiger partial charge >= 0.3 is 0 Å². The van der Waals surface area contributed by atoms with Crippen molar-refractivity contribution in [1.29, 1.82) is 0 Å². The number of rotatable bonds is 7. The molecule has 1 unspecified atom stereocenters. The lowest BCUT2D eigenvalue weighted by molar-refractivity contribution is -0.138. The summed E-state index contributed by atoms with van der Waals surface area (Å²) in [5.41, 5.74) is 1.19. The minimum Gasteiger partial charge on any atom is -0.348 e. The van der Waals surface area contributed by atoms with Crippen LogP contribution in [0.25, 0.3) is 0 Å². The van der Waals surface area contributed by atoms with Crippen molar-refractivity contribution in [3.63, 3.8) is 0 Å².